The van der Waals surface area contributed by atoms with Crippen molar-refractivity contribution in [2.45, 2.75) is 11.6 Å². The Morgan fingerprint density at radius 3 is 2.81 bits per heavy atom. The van der Waals surface area contributed by atoms with E-state index in [-0.39, 0.29) is 5.91 Å². The van der Waals surface area contributed by atoms with Gasteiger partial charge in [0, 0.05) is 31.0 Å². The van der Waals surface area contributed by atoms with Crippen LogP contribution in [0.3, 0.4) is 0 Å². The fraction of sp³-hybridized carbons (Fsp3) is 0.300. The molecule has 2 aromatic heterocycles. The van der Waals surface area contributed by atoms with E-state index in [0.29, 0.717) is 24.8 Å². The second kappa shape index (κ2) is 7.51. The van der Waals surface area contributed by atoms with Gasteiger partial charge in [-0.3, -0.25) is 9.20 Å². The second-order valence-corrected chi connectivity index (χ2v) is 7.16. The molecule has 1 aromatic carbocycles. The molecular formula is C20H21N3O2S. The monoisotopic (exact) mass is 367 g/mol. The van der Waals surface area contributed by atoms with Gasteiger partial charge in [0.05, 0.1) is 12.1 Å². The smallest absolute Gasteiger partial charge is 0.279 e. The van der Waals surface area contributed by atoms with E-state index in [2.05, 4.69) is 4.98 Å². The summed E-state index contributed by atoms with van der Waals surface area (Å²) in [5.74, 6) is 0.292. The molecule has 5 nitrogen and oxygen atoms in total. The van der Waals surface area contributed by atoms with E-state index in [0.717, 1.165) is 29.4 Å². The third-order valence-corrected chi connectivity index (χ3v) is 5.33. The molecule has 1 atom stereocenters. The number of carbonyl (C=O) groups excluding carboxylic acids is 1. The Kier molecular flexibility index (Phi) is 4.95. The normalized spacial score (nSPS) is 16.9. The molecule has 1 aliphatic heterocycles. The van der Waals surface area contributed by atoms with E-state index >= 15 is 0 Å². The number of aromatic nitrogens is 2. The average molecular weight is 367 g/mol. The number of hydrogen-bond acceptors (Lipinski definition) is 4. The number of imidazole rings is 1. The zero-order valence-corrected chi connectivity index (χ0v) is 15.5. The van der Waals surface area contributed by atoms with E-state index in [1.165, 1.54) is 11.8 Å². The Morgan fingerprint density at radius 1 is 1.27 bits per heavy atom. The minimum Gasteiger partial charge on any atom is -0.381 e. The highest BCUT2D eigenvalue weighted by atomic mass is 32.2. The Bertz CT molecular complexity index is 904. The highest BCUT2D eigenvalue weighted by Crippen LogP contribution is 2.25. The van der Waals surface area contributed by atoms with E-state index in [1.54, 1.807) is 0 Å². The van der Waals surface area contributed by atoms with Crippen molar-refractivity contribution in [2.75, 3.05) is 30.9 Å². The van der Waals surface area contributed by atoms with Crippen molar-refractivity contribution >= 4 is 28.9 Å². The molecule has 0 bridgehead atoms. The highest BCUT2D eigenvalue weighted by molar-refractivity contribution is 7.98. The predicted molar refractivity (Wildman–Crippen MR) is 104 cm³/mol. The highest BCUT2D eigenvalue weighted by Gasteiger charge is 2.27. The molecule has 1 fully saturated rings. The standard InChI is InChI=1S/C20H21N3O2S/c1-26-20-21-18(17-9-5-6-11-22(17)20)19(24)23(13-15-10-12-25-14-15)16-7-3-2-4-8-16/h2-9,11,15H,10,12-14H2,1H3/t15-/m1/s1. The number of para-hydroxylation sites is 1. The van der Waals surface area contributed by atoms with Crippen molar-refractivity contribution in [2.24, 2.45) is 5.92 Å². The number of amides is 1. The van der Waals surface area contributed by atoms with Gasteiger partial charge < -0.3 is 9.64 Å². The lowest BCUT2D eigenvalue weighted by Gasteiger charge is -2.24. The Morgan fingerprint density at radius 2 is 2.08 bits per heavy atom. The number of fused-ring (bicyclic) bond motifs is 1. The number of rotatable bonds is 5. The van der Waals surface area contributed by atoms with Gasteiger partial charge in [0.25, 0.3) is 5.91 Å². The van der Waals surface area contributed by atoms with Gasteiger partial charge in [-0.25, -0.2) is 4.98 Å². The number of anilines is 1. The Labute approximate surface area is 157 Å². The fourth-order valence-electron chi connectivity index (χ4n) is 3.34. The summed E-state index contributed by atoms with van der Waals surface area (Å²) < 4.78 is 7.48. The van der Waals surface area contributed by atoms with Gasteiger partial charge in [-0.15, -0.1) is 0 Å². The van der Waals surface area contributed by atoms with Crippen LogP contribution >= 0.6 is 11.8 Å². The first-order chi connectivity index (χ1) is 12.8. The summed E-state index contributed by atoms with van der Waals surface area (Å²) in [7, 11) is 0. The van der Waals surface area contributed by atoms with Gasteiger partial charge in [0.2, 0.25) is 0 Å². The zero-order valence-electron chi connectivity index (χ0n) is 14.7. The molecule has 3 heterocycles. The summed E-state index contributed by atoms with van der Waals surface area (Å²) >= 11 is 1.54. The summed E-state index contributed by atoms with van der Waals surface area (Å²) in [5, 5.41) is 0.821. The molecule has 26 heavy (non-hydrogen) atoms. The van der Waals surface area contributed by atoms with E-state index in [9.17, 15) is 4.79 Å². The van der Waals surface area contributed by atoms with Crippen LogP contribution < -0.4 is 4.90 Å². The number of pyridine rings is 1. The number of ether oxygens (including phenoxy) is 1. The topological polar surface area (TPSA) is 46.8 Å². The van der Waals surface area contributed by atoms with Crippen LogP contribution in [0.5, 0.6) is 0 Å². The number of thioether (sulfide) groups is 1. The quantitative estimate of drug-likeness (QED) is 0.645. The molecule has 0 unspecified atom stereocenters. The summed E-state index contributed by atoms with van der Waals surface area (Å²) in [6, 6.07) is 15.7. The Hall–Kier alpha value is -2.31. The number of hydrogen-bond donors (Lipinski definition) is 0. The molecule has 3 aromatic rings. The molecule has 134 valence electrons. The van der Waals surface area contributed by atoms with Gasteiger partial charge in [0.15, 0.2) is 10.9 Å². The summed E-state index contributed by atoms with van der Waals surface area (Å²) in [5.41, 5.74) is 2.23. The largest absolute Gasteiger partial charge is 0.381 e. The van der Waals surface area contributed by atoms with Crippen molar-refractivity contribution in [1.82, 2.24) is 9.38 Å². The van der Waals surface area contributed by atoms with Gasteiger partial charge >= 0.3 is 0 Å². The zero-order chi connectivity index (χ0) is 17.9. The van der Waals surface area contributed by atoms with Crippen molar-refractivity contribution in [1.29, 1.82) is 0 Å². The van der Waals surface area contributed by atoms with Crippen LogP contribution in [0.25, 0.3) is 5.52 Å². The SMILES string of the molecule is CSc1nc(C(=O)N(C[C@H]2CCOC2)c2ccccc2)c2ccccn12. The molecule has 1 aliphatic rings. The van der Waals surface area contributed by atoms with Crippen molar-refractivity contribution in [3.05, 3.63) is 60.4 Å². The first kappa shape index (κ1) is 17.1. The molecule has 4 rings (SSSR count). The van der Waals surface area contributed by atoms with Crippen molar-refractivity contribution in [3.8, 4) is 0 Å². The molecule has 0 N–H and O–H groups in total. The van der Waals surface area contributed by atoms with Crippen LogP contribution in [0.1, 0.15) is 16.9 Å². The molecule has 1 saturated heterocycles. The van der Waals surface area contributed by atoms with Crippen LogP contribution in [0.4, 0.5) is 5.69 Å². The lowest BCUT2D eigenvalue weighted by Crippen LogP contribution is -2.36. The molecule has 0 saturated carbocycles. The van der Waals surface area contributed by atoms with Crippen LogP contribution in [0, 0.1) is 5.92 Å². The second-order valence-electron chi connectivity index (χ2n) is 6.38. The number of carbonyl (C=O) groups is 1. The van der Waals surface area contributed by atoms with Crippen LogP contribution in [-0.2, 0) is 4.74 Å². The summed E-state index contributed by atoms with van der Waals surface area (Å²) in [6.07, 6.45) is 4.90. The van der Waals surface area contributed by atoms with Crippen molar-refractivity contribution in [3.63, 3.8) is 0 Å². The third kappa shape index (κ3) is 3.22. The maximum Gasteiger partial charge on any atom is 0.279 e. The first-order valence-electron chi connectivity index (χ1n) is 8.73. The molecule has 0 radical (unpaired) electrons. The lowest BCUT2D eigenvalue weighted by atomic mass is 10.1. The number of benzene rings is 1. The lowest BCUT2D eigenvalue weighted by molar-refractivity contribution is 0.0978. The Balaban J connectivity index is 1.74. The molecular weight excluding hydrogens is 346 g/mol. The van der Waals surface area contributed by atoms with E-state index in [1.807, 2.05) is 70.3 Å². The maximum absolute atomic E-state index is 13.5. The van der Waals surface area contributed by atoms with Gasteiger partial charge in [-0.2, -0.15) is 0 Å². The summed E-state index contributed by atoms with van der Waals surface area (Å²) in [6.45, 7) is 2.12. The molecule has 0 spiro atoms. The number of nitrogens with zero attached hydrogens (tertiary/aromatic N) is 3. The van der Waals surface area contributed by atoms with Gasteiger partial charge in [-0.05, 0) is 36.9 Å². The third-order valence-electron chi connectivity index (χ3n) is 4.68. The van der Waals surface area contributed by atoms with E-state index in [4.69, 9.17) is 4.74 Å². The van der Waals surface area contributed by atoms with Crippen LogP contribution in [0.2, 0.25) is 0 Å². The fourth-order valence-corrected chi connectivity index (χ4v) is 3.88. The maximum atomic E-state index is 13.5. The van der Waals surface area contributed by atoms with Crippen LogP contribution in [0.15, 0.2) is 59.9 Å². The average Bonchev–Trinajstić information content (AvgIpc) is 3.34. The van der Waals surface area contributed by atoms with E-state index < -0.39 is 0 Å². The van der Waals surface area contributed by atoms with Gasteiger partial charge in [-0.1, -0.05) is 36.0 Å². The molecule has 6 heteroatoms. The first-order valence-corrected chi connectivity index (χ1v) is 9.96. The van der Waals surface area contributed by atoms with Crippen LogP contribution in [-0.4, -0.2) is 41.3 Å². The summed E-state index contributed by atoms with van der Waals surface area (Å²) in [4.78, 5) is 20.0. The van der Waals surface area contributed by atoms with Crippen molar-refractivity contribution < 1.29 is 9.53 Å². The molecule has 1 amide bonds. The van der Waals surface area contributed by atoms with Gasteiger partial charge in [0.1, 0.15) is 0 Å². The predicted octanol–water partition coefficient (Wildman–Crippen LogP) is 3.74. The molecule has 0 aliphatic carbocycles. The minimum atomic E-state index is -0.0629. The minimum absolute atomic E-state index is 0.0629.